The number of unbranched alkanes of at least 4 members (excludes halogenated alkanes) is 2. The van der Waals surface area contributed by atoms with Crippen LogP contribution >= 0.6 is 0 Å². The minimum atomic E-state index is 0.877. The Bertz CT molecular complexity index is 244. The molecule has 2 saturated heterocycles. The summed E-state index contributed by atoms with van der Waals surface area (Å²) in [4.78, 5) is 5.29. The first kappa shape index (κ1) is 15.3. The molecule has 0 saturated carbocycles. The van der Waals surface area contributed by atoms with E-state index in [0.717, 1.165) is 12.0 Å². The van der Waals surface area contributed by atoms with Gasteiger partial charge >= 0.3 is 0 Å². The molecule has 2 unspecified atom stereocenters. The van der Waals surface area contributed by atoms with Crippen LogP contribution in [0.1, 0.15) is 45.4 Å². The number of nitrogens with zero attached hydrogens (tertiary/aromatic N) is 2. The lowest BCUT2D eigenvalue weighted by molar-refractivity contribution is 0.0391. The highest BCUT2D eigenvalue weighted by Gasteiger charge is 2.33. The topological polar surface area (TPSA) is 18.5 Å². The zero-order valence-electron chi connectivity index (χ0n) is 13.0. The Hall–Kier alpha value is -0.120. The van der Waals surface area contributed by atoms with E-state index in [2.05, 4.69) is 29.1 Å². The van der Waals surface area contributed by atoms with Crippen molar-refractivity contribution in [3.63, 3.8) is 0 Å². The summed E-state index contributed by atoms with van der Waals surface area (Å²) in [6.07, 6.45) is 8.27. The Morgan fingerprint density at radius 2 is 2.00 bits per heavy atom. The SMILES string of the molecule is CCCCCNCCN1CCC2C(CCCN2C)C1. The molecular formula is C16H33N3. The fourth-order valence-electron chi connectivity index (χ4n) is 3.79. The molecule has 0 bridgehead atoms. The molecule has 3 heteroatoms. The number of hydrogen-bond acceptors (Lipinski definition) is 3. The van der Waals surface area contributed by atoms with E-state index in [-0.39, 0.29) is 0 Å². The summed E-state index contributed by atoms with van der Waals surface area (Å²) in [5.74, 6) is 0.938. The van der Waals surface area contributed by atoms with Crippen LogP contribution in [-0.4, -0.2) is 62.2 Å². The molecule has 3 nitrogen and oxygen atoms in total. The van der Waals surface area contributed by atoms with E-state index in [1.165, 1.54) is 77.8 Å². The Kier molecular flexibility index (Phi) is 6.62. The van der Waals surface area contributed by atoms with E-state index in [1.807, 2.05) is 0 Å². The molecule has 0 spiro atoms. The molecule has 0 aromatic rings. The summed E-state index contributed by atoms with van der Waals surface area (Å²) in [6, 6.07) is 0.877. The van der Waals surface area contributed by atoms with E-state index in [0.29, 0.717) is 0 Å². The number of fused-ring (bicyclic) bond motifs is 1. The highest BCUT2D eigenvalue weighted by molar-refractivity contribution is 4.89. The number of hydrogen-bond donors (Lipinski definition) is 1. The van der Waals surface area contributed by atoms with Gasteiger partial charge in [-0.1, -0.05) is 19.8 Å². The minimum Gasteiger partial charge on any atom is -0.315 e. The highest BCUT2D eigenvalue weighted by atomic mass is 15.2. The molecule has 0 aromatic heterocycles. The average Bonchev–Trinajstić information content (AvgIpc) is 2.43. The smallest absolute Gasteiger partial charge is 0.0145 e. The first-order chi connectivity index (χ1) is 9.31. The second-order valence-electron chi connectivity index (χ2n) is 6.50. The molecule has 0 radical (unpaired) electrons. The summed E-state index contributed by atoms with van der Waals surface area (Å²) in [5, 5.41) is 3.60. The quantitative estimate of drug-likeness (QED) is 0.713. The van der Waals surface area contributed by atoms with E-state index >= 15 is 0 Å². The molecule has 2 heterocycles. The predicted molar refractivity (Wildman–Crippen MR) is 82.6 cm³/mol. The highest BCUT2D eigenvalue weighted by Crippen LogP contribution is 2.29. The molecule has 2 aliphatic heterocycles. The standard InChI is InChI=1S/C16H33N3/c1-3-4-5-9-17-10-13-19-12-8-16-15(14-19)7-6-11-18(16)2/h15-17H,3-14H2,1-2H3. The van der Waals surface area contributed by atoms with Crippen molar-refractivity contribution >= 4 is 0 Å². The summed E-state index contributed by atoms with van der Waals surface area (Å²) in [7, 11) is 2.32. The maximum atomic E-state index is 3.60. The normalized spacial score (nSPS) is 29.4. The van der Waals surface area contributed by atoms with Gasteiger partial charge in [0.15, 0.2) is 0 Å². The minimum absolute atomic E-state index is 0.877. The number of likely N-dealkylation sites (tertiary alicyclic amines) is 2. The Labute approximate surface area is 119 Å². The van der Waals surface area contributed by atoms with Crippen LogP contribution in [0.4, 0.5) is 0 Å². The molecule has 0 amide bonds. The van der Waals surface area contributed by atoms with E-state index in [9.17, 15) is 0 Å². The van der Waals surface area contributed by atoms with Crippen molar-refractivity contribution in [2.24, 2.45) is 5.92 Å². The van der Waals surface area contributed by atoms with Crippen LogP contribution in [0.3, 0.4) is 0 Å². The lowest BCUT2D eigenvalue weighted by Gasteiger charge is -2.46. The van der Waals surface area contributed by atoms with Gasteiger partial charge < -0.3 is 15.1 Å². The van der Waals surface area contributed by atoms with Crippen LogP contribution in [0.5, 0.6) is 0 Å². The predicted octanol–water partition coefficient (Wildman–Crippen LogP) is 2.18. The molecular weight excluding hydrogens is 234 g/mol. The molecule has 112 valence electrons. The number of rotatable bonds is 7. The van der Waals surface area contributed by atoms with Crippen LogP contribution < -0.4 is 5.32 Å². The van der Waals surface area contributed by atoms with Crippen LogP contribution in [0.2, 0.25) is 0 Å². The third-order valence-electron chi connectivity index (χ3n) is 4.99. The zero-order valence-corrected chi connectivity index (χ0v) is 13.0. The molecule has 2 rings (SSSR count). The lowest BCUT2D eigenvalue weighted by Crippen LogP contribution is -2.53. The van der Waals surface area contributed by atoms with Crippen molar-refractivity contribution in [1.82, 2.24) is 15.1 Å². The first-order valence-electron chi connectivity index (χ1n) is 8.44. The lowest BCUT2D eigenvalue weighted by atomic mass is 9.84. The second-order valence-corrected chi connectivity index (χ2v) is 6.50. The van der Waals surface area contributed by atoms with Gasteiger partial charge in [0.25, 0.3) is 0 Å². The van der Waals surface area contributed by atoms with Gasteiger partial charge in [0, 0.05) is 25.7 Å². The Balaban J connectivity index is 1.59. The Morgan fingerprint density at radius 1 is 1.11 bits per heavy atom. The van der Waals surface area contributed by atoms with Crippen molar-refractivity contribution in [2.75, 3.05) is 46.3 Å². The molecule has 0 aliphatic carbocycles. The fraction of sp³-hybridized carbons (Fsp3) is 1.00. The molecule has 19 heavy (non-hydrogen) atoms. The summed E-state index contributed by atoms with van der Waals surface area (Å²) in [5.41, 5.74) is 0. The van der Waals surface area contributed by atoms with Gasteiger partial charge in [-0.05, 0) is 58.3 Å². The third kappa shape index (κ3) is 4.73. The maximum absolute atomic E-state index is 3.60. The average molecular weight is 267 g/mol. The van der Waals surface area contributed by atoms with E-state index in [1.54, 1.807) is 0 Å². The van der Waals surface area contributed by atoms with Gasteiger partial charge in [0.1, 0.15) is 0 Å². The van der Waals surface area contributed by atoms with Crippen molar-refractivity contribution in [1.29, 1.82) is 0 Å². The third-order valence-corrected chi connectivity index (χ3v) is 4.99. The summed E-state index contributed by atoms with van der Waals surface area (Å²) in [6.45, 7) is 9.87. The van der Waals surface area contributed by atoms with Crippen molar-refractivity contribution in [3.8, 4) is 0 Å². The van der Waals surface area contributed by atoms with Gasteiger partial charge in [-0.3, -0.25) is 0 Å². The van der Waals surface area contributed by atoms with Crippen molar-refractivity contribution in [2.45, 2.75) is 51.5 Å². The van der Waals surface area contributed by atoms with Gasteiger partial charge in [-0.15, -0.1) is 0 Å². The van der Waals surface area contributed by atoms with Crippen LogP contribution in [0.15, 0.2) is 0 Å². The van der Waals surface area contributed by atoms with E-state index in [4.69, 9.17) is 0 Å². The van der Waals surface area contributed by atoms with Crippen molar-refractivity contribution in [3.05, 3.63) is 0 Å². The molecule has 1 N–H and O–H groups in total. The largest absolute Gasteiger partial charge is 0.315 e. The Morgan fingerprint density at radius 3 is 2.84 bits per heavy atom. The fourth-order valence-corrected chi connectivity index (χ4v) is 3.79. The molecule has 0 aromatic carbocycles. The first-order valence-corrected chi connectivity index (χ1v) is 8.44. The zero-order chi connectivity index (χ0) is 13.5. The number of nitrogens with one attached hydrogen (secondary N) is 1. The summed E-state index contributed by atoms with van der Waals surface area (Å²) < 4.78 is 0. The van der Waals surface area contributed by atoms with Gasteiger partial charge in [-0.2, -0.15) is 0 Å². The molecule has 2 fully saturated rings. The van der Waals surface area contributed by atoms with Gasteiger partial charge in [-0.25, -0.2) is 0 Å². The van der Waals surface area contributed by atoms with Crippen LogP contribution in [-0.2, 0) is 0 Å². The van der Waals surface area contributed by atoms with Crippen molar-refractivity contribution < 1.29 is 0 Å². The number of piperidine rings is 2. The van der Waals surface area contributed by atoms with Gasteiger partial charge in [0.05, 0.1) is 0 Å². The summed E-state index contributed by atoms with van der Waals surface area (Å²) >= 11 is 0. The monoisotopic (exact) mass is 267 g/mol. The molecule has 2 aliphatic rings. The molecule has 2 atom stereocenters. The van der Waals surface area contributed by atoms with E-state index < -0.39 is 0 Å². The van der Waals surface area contributed by atoms with Gasteiger partial charge in [0.2, 0.25) is 0 Å². The van der Waals surface area contributed by atoms with Crippen LogP contribution in [0, 0.1) is 5.92 Å². The maximum Gasteiger partial charge on any atom is 0.0145 e. The van der Waals surface area contributed by atoms with Crippen LogP contribution in [0.25, 0.3) is 0 Å². The second kappa shape index (κ2) is 8.23.